The number of benzene rings is 2. The van der Waals surface area contributed by atoms with Gasteiger partial charge in [0.1, 0.15) is 11.6 Å². The van der Waals surface area contributed by atoms with Crippen LogP contribution in [0.2, 0.25) is 0 Å². The third-order valence-corrected chi connectivity index (χ3v) is 4.76. The topological polar surface area (TPSA) is 46.1 Å². The van der Waals surface area contributed by atoms with Gasteiger partial charge in [0.2, 0.25) is 0 Å². The molecule has 0 radical (unpaired) electrons. The van der Waals surface area contributed by atoms with Gasteiger partial charge in [0, 0.05) is 32.2 Å². The molecule has 1 aliphatic rings. The first kappa shape index (κ1) is 23.4. The van der Waals surface area contributed by atoms with Gasteiger partial charge in [-0.15, -0.1) is 24.0 Å². The number of fused-ring (bicyclic) bond motifs is 1. The normalized spacial score (nSPS) is 13.2. The van der Waals surface area contributed by atoms with Crippen LogP contribution in [0, 0.1) is 12.7 Å². The maximum Gasteiger partial charge on any atom is 0.193 e. The number of rotatable bonds is 6. The van der Waals surface area contributed by atoms with Crippen molar-refractivity contribution in [1.29, 1.82) is 0 Å². The van der Waals surface area contributed by atoms with Crippen LogP contribution in [0.1, 0.15) is 29.2 Å². The molecule has 0 spiro atoms. The van der Waals surface area contributed by atoms with Crippen LogP contribution in [0.5, 0.6) is 5.75 Å². The molecule has 0 amide bonds. The van der Waals surface area contributed by atoms with E-state index in [0.717, 1.165) is 35.9 Å². The highest BCUT2D eigenvalue weighted by Gasteiger charge is 2.17. The standard InChI is InChI=1S/C22H28FN3O2.HI/c1-4-24-22(26(3)13-18-8-6-5-7-16(18)2)25-10-9-17-11-20(23)12-19-14-27-15-28-21(17)19;/h5-8,11-12H,4,9-10,13-15H2,1-3H3,(H,24,25);1H. The fourth-order valence-corrected chi connectivity index (χ4v) is 3.31. The summed E-state index contributed by atoms with van der Waals surface area (Å²) in [4.78, 5) is 6.84. The molecule has 0 unspecified atom stereocenters. The van der Waals surface area contributed by atoms with Gasteiger partial charge in [-0.25, -0.2) is 4.39 Å². The highest BCUT2D eigenvalue weighted by Crippen LogP contribution is 2.29. The van der Waals surface area contributed by atoms with E-state index in [-0.39, 0.29) is 36.6 Å². The van der Waals surface area contributed by atoms with E-state index in [4.69, 9.17) is 14.5 Å². The van der Waals surface area contributed by atoms with Gasteiger partial charge in [0.15, 0.2) is 12.8 Å². The Morgan fingerprint density at radius 3 is 2.79 bits per heavy atom. The van der Waals surface area contributed by atoms with Gasteiger partial charge in [0.05, 0.1) is 6.61 Å². The van der Waals surface area contributed by atoms with E-state index in [0.29, 0.717) is 19.6 Å². The maximum absolute atomic E-state index is 13.9. The van der Waals surface area contributed by atoms with Crippen molar-refractivity contribution >= 4 is 29.9 Å². The van der Waals surface area contributed by atoms with Gasteiger partial charge in [0.25, 0.3) is 0 Å². The minimum atomic E-state index is -0.268. The maximum atomic E-state index is 13.9. The van der Waals surface area contributed by atoms with E-state index in [1.54, 1.807) is 0 Å². The summed E-state index contributed by atoms with van der Waals surface area (Å²) in [5.74, 6) is 1.30. The van der Waals surface area contributed by atoms with E-state index in [1.165, 1.54) is 23.3 Å². The van der Waals surface area contributed by atoms with E-state index in [2.05, 4.69) is 35.3 Å². The second kappa shape index (κ2) is 11.3. The first-order valence-electron chi connectivity index (χ1n) is 9.64. The molecule has 1 N–H and O–H groups in total. The van der Waals surface area contributed by atoms with Gasteiger partial charge in [-0.3, -0.25) is 4.99 Å². The number of nitrogens with zero attached hydrogens (tertiary/aromatic N) is 2. The number of aliphatic imine (C=N–C) groups is 1. The molecule has 29 heavy (non-hydrogen) atoms. The van der Waals surface area contributed by atoms with Crippen LogP contribution in [0.3, 0.4) is 0 Å². The second-order valence-corrected chi connectivity index (χ2v) is 6.93. The molecule has 158 valence electrons. The molecular weight excluding hydrogens is 484 g/mol. The predicted octanol–water partition coefficient (Wildman–Crippen LogP) is 4.26. The molecule has 0 bridgehead atoms. The smallest absolute Gasteiger partial charge is 0.193 e. The Hall–Kier alpha value is -1.87. The lowest BCUT2D eigenvalue weighted by Crippen LogP contribution is -2.38. The highest BCUT2D eigenvalue weighted by atomic mass is 127. The lowest BCUT2D eigenvalue weighted by Gasteiger charge is -2.23. The minimum Gasteiger partial charge on any atom is -0.467 e. The summed E-state index contributed by atoms with van der Waals surface area (Å²) < 4.78 is 24.7. The minimum absolute atomic E-state index is 0. The summed E-state index contributed by atoms with van der Waals surface area (Å²) in [6.07, 6.45) is 0.604. The van der Waals surface area contributed by atoms with Crippen molar-refractivity contribution in [1.82, 2.24) is 10.2 Å². The molecule has 2 aromatic carbocycles. The molecule has 7 heteroatoms. The van der Waals surface area contributed by atoms with Crippen LogP contribution in [0.25, 0.3) is 0 Å². The molecule has 1 aliphatic heterocycles. The molecule has 0 fully saturated rings. The number of guanidine groups is 1. The summed E-state index contributed by atoms with van der Waals surface area (Å²) in [6.45, 7) is 6.85. The van der Waals surface area contributed by atoms with E-state index >= 15 is 0 Å². The van der Waals surface area contributed by atoms with Crippen molar-refractivity contribution in [3.63, 3.8) is 0 Å². The lowest BCUT2D eigenvalue weighted by molar-refractivity contribution is -0.0172. The summed E-state index contributed by atoms with van der Waals surface area (Å²) in [6, 6.07) is 11.4. The molecule has 0 saturated heterocycles. The summed E-state index contributed by atoms with van der Waals surface area (Å²) in [5, 5.41) is 3.33. The zero-order chi connectivity index (χ0) is 19.9. The Bertz CT molecular complexity index is 845. The molecule has 5 nitrogen and oxygen atoms in total. The SMILES string of the molecule is CCNC(=NCCc1cc(F)cc2c1OCOC2)N(C)Cc1ccccc1C.I. The number of ether oxygens (including phenoxy) is 2. The van der Waals surface area contributed by atoms with Crippen LogP contribution < -0.4 is 10.1 Å². The average Bonchev–Trinajstić information content (AvgIpc) is 2.68. The monoisotopic (exact) mass is 513 g/mol. The lowest BCUT2D eigenvalue weighted by atomic mass is 10.1. The molecule has 2 aromatic rings. The second-order valence-electron chi connectivity index (χ2n) is 6.93. The third-order valence-electron chi connectivity index (χ3n) is 4.76. The molecule has 0 saturated carbocycles. The molecule has 1 heterocycles. The zero-order valence-electron chi connectivity index (χ0n) is 17.2. The van der Waals surface area contributed by atoms with Gasteiger partial charge in [-0.05, 0) is 49.1 Å². The number of nitrogens with one attached hydrogen (secondary N) is 1. The van der Waals surface area contributed by atoms with Crippen molar-refractivity contribution < 1.29 is 13.9 Å². The fourth-order valence-electron chi connectivity index (χ4n) is 3.31. The largest absolute Gasteiger partial charge is 0.467 e. The molecular formula is C22H29FIN3O2. The summed E-state index contributed by atoms with van der Waals surface area (Å²) >= 11 is 0. The molecule has 0 aliphatic carbocycles. The Morgan fingerprint density at radius 2 is 2.03 bits per heavy atom. The van der Waals surface area contributed by atoms with Crippen LogP contribution in [-0.4, -0.2) is 37.8 Å². The van der Waals surface area contributed by atoms with Gasteiger partial charge in [-0.2, -0.15) is 0 Å². The zero-order valence-corrected chi connectivity index (χ0v) is 19.5. The average molecular weight is 513 g/mol. The summed E-state index contributed by atoms with van der Waals surface area (Å²) in [7, 11) is 2.03. The quantitative estimate of drug-likeness (QED) is 0.357. The van der Waals surface area contributed by atoms with Crippen molar-refractivity contribution in [3.05, 3.63) is 64.5 Å². The first-order chi connectivity index (χ1) is 13.6. The van der Waals surface area contributed by atoms with Crippen LogP contribution in [0.15, 0.2) is 41.4 Å². The predicted molar refractivity (Wildman–Crippen MR) is 124 cm³/mol. The fraction of sp³-hybridized carbons (Fsp3) is 0.409. The number of hydrogen-bond acceptors (Lipinski definition) is 3. The first-order valence-corrected chi connectivity index (χ1v) is 9.64. The summed E-state index contributed by atoms with van der Waals surface area (Å²) in [5.41, 5.74) is 4.12. The Morgan fingerprint density at radius 1 is 1.24 bits per heavy atom. The Kier molecular flexibility index (Phi) is 9.16. The van der Waals surface area contributed by atoms with Crippen LogP contribution in [0.4, 0.5) is 4.39 Å². The number of aryl methyl sites for hydroxylation is 1. The van der Waals surface area contributed by atoms with Crippen molar-refractivity contribution in [2.45, 2.75) is 33.4 Å². The van der Waals surface area contributed by atoms with Crippen LogP contribution >= 0.6 is 24.0 Å². The van der Waals surface area contributed by atoms with Crippen molar-refractivity contribution in [2.75, 3.05) is 26.9 Å². The Balaban J connectivity index is 0.00000300. The van der Waals surface area contributed by atoms with Crippen LogP contribution in [-0.2, 0) is 24.3 Å². The van der Waals surface area contributed by atoms with E-state index in [9.17, 15) is 4.39 Å². The number of hydrogen-bond donors (Lipinski definition) is 1. The van der Waals surface area contributed by atoms with E-state index in [1.807, 2.05) is 20.0 Å². The third kappa shape index (κ3) is 6.30. The molecule has 3 rings (SSSR count). The highest BCUT2D eigenvalue weighted by molar-refractivity contribution is 14.0. The van der Waals surface area contributed by atoms with Gasteiger partial charge < -0.3 is 19.7 Å². The van der Waals surface area contributed by atoms with E-state index < -0.39 is 0 Å². The molecule has 0 aromatic heterocycles. The van der Waals surface area contributed by atoms with Gasteiger partial charge in [-0.1, -0.05) is 24.3 Å². The Labute approximate surface area is 189 Å². The van der Waals surface area contributed by atoms with Crippen molar-refractivity contribution in [2.24, 2.45) is 4.99 Å². The van der Waals surface area contributed by atoms with Gasteiger partial charge >= 0.3 is 0 Å². The molecule has 0 atom stereocenters. The number of halogens is 2. The van der Waals surface area contributed by atoms with Crippen molar-refractivity contribution in [3.8, 4) is 5.75 Å².